The number of methoxy groups -OCH3 is 3. The Balaban J connectivity index is 1.83. The van der Waals surface area contributed by atoms with Crippen molar-refractivity contribution < 1.29 is 18.7 Å². The molecule has 0 spiro atoms. The average molecular weight is 360 g/mol. The van der Waals surface area contributed by atoms with E-state index >= 15 is 0 Å². The molecule has 1 fully saturated rings. The minimum atomic E-state index is 0.280. The van der Waals surface area contributed by atoms with Gasteiger partial charge in [0.15, 0.2) is 11.5 Å². The number of likely N-dealkylation sites (tertiary alicyclic amines) is 1. The van der Waals surface area contributed by atoms with Crippen molar-refractivity contribution in [2.24, 2.45) is 0 Å². The van der Waals surface area contributed by atoms with Gasteiger partial charge in [0.05, 0.1) is 27.4 Å². The molecule has 1 aliphatic rings. The maximum atomic E-state index is 5.63. The number of ether oxygens (including phenoxy) is 3. The molecule has 1 saturated heterocycles. The quantitative estimate of drug-likeness (QED) is 0.709. The summed E-state index contributed by atoms with van der Waals surface area (Å²) in [4.78, 5) is 2.43. The summed E-state index contributed by atoms with van der Waals surface area (Å²) < 4.78 is 22.0. The van der Waals surface area contributed by atoms with Gasteiger partial charge in [0.1, 0.15) is 11.5 Å². The normalized spacial score (nSPS) is 17.5. The monoisotopic (exact) mass is 360 g/mol. The van der Waals surface area contributed by atoms with Crippen LogP contribution in [0, 0.1) is 0 Å². The molecule has 3 rings (SSSR count). The van der Waals surface area contributed by atoms with Crippen LogP contribution < -0.4 is 14.2 Å². The lowest BCUT2D eigenvalue weighted by molar-refractivity contribution is 0.231. The molecule has 1 aromatic carbocycles. The van der Waals surface area contributed by atoms with E-state index in [0.717, 1.165) is 61.5 Å². The third kappa shape index (κ3) is 3.65. The molecule has 0 aliphatic carbocycles. The molecular formula is C20H28N2O4. The van der Waals surface area contributed by atoms with Crippen molar-refractivity contribution in [3.05, 3.63) is 35.2 Å². The Morgan fingerprint density at radius 1 is 1.15 bits per heavy atom. The lowest BCUT2D eigenvalue weighted by Gasteiger charge is -2.24. The van der Waals surface area contributed by atoms with Crippen molar-refractivity contribution in [3.8, 4) is 17.2 Å². The van der Waals surface area contributed by atoms with Gasteiger partial charge in [0.2, 0.25) is 5.75 Å². The number of aromatic nitrogens is 1. The van der Waals surface area contributed by atoms with Crippen LogP contribution in [0.5, 0.6) is 17.2 Å². The highest BCUT2D eigenvalue weighted by atomic mass is 16.5. The van der Waals surface area contributed by atoms with Gasteiger partial charge >= 0.3 is 0 Å². The Morgan fingerprint density at radius 2 is 1.96 bits per heavy atom. The topological polar surface area (TPSA) is 57.0 Å². The SMILES string of the molecule is CCCc1cc([C@H]2CCCN2Cc2ccc(OC)c(OC)c2OC)no1. The standard InChI is InChI=1S/C20H28N2O4/c1-5-7-15-12-16(21-26-15)17-8-6-11-22(17)13-14-9-10-18(23-2)20(25-4)19(14)24-3/h9-10,12,17H,5-8,11,13H2,1-4H3/t17-/m1/s1. The predicted molar refractivity (Wildman–Crippen MR) is 99.0 cm³/mol. The number of nitrogens with zero attached hydrogens (tertiary/aromatic N) is 2. The van der Waals surface area contributed by atoms with Crippen LogP contribution >= 0.6 is 0 Å². The second-order valence-electron chi connectivity index (χ2n) is 6.59. The van der Waals surface area contributed by atoms with Crippen LogP contribution in [-0.2, 0) is 13.0 Å². The first-order valence-electron chi connectivity index (χ1n) is 9.19. The Bertz CT molecular complexity index is 729. The molecule has 142 valence electrons. The first kappa shape index (κ1) is 18.6. The molecule has 0 N–H and O–H groups in total. The van der Waals surface area contributed by atoms with E-state index in [-0.39, 0.29) is 6.04 Å². The second kappa shape index (κ2) is 8.45. The lowest BCUT2D eigenvalue weighted by Crippen LogP contribution is -2.23. The Morgan fingerprint density at radius 3 is 2.65 bits per heavy atom. The molecule has 6 heteroatoms. The van der Waals surface area contributed by atoms with Crippen molar-refractivity contribution in [1.82, 2.24) is 10.1 Å². The van der Waals surface area contributed by atoms with Crippen molar-refractivity contribution in [2.75, 3.05) is 27.9 Å². The highest BCUT2D eigenvalue weighted by Gasteiger charge is 2.30. The van der Waals surface area contributed by atoms with E-state index in [1.54, 1.807) is 21.3 Å². The predicted octanol–water partition coefficient (Wildman–Crippen LogP) is 3.99. The maximum absolute atomic E-state index is 5.63. The molecule has 2 heterocycles. The van der Waals surface area contributed by atoms with Crippen molar-refractivity contribution in [2.45, 2.75) is 45.2 Å². The van der Waals surface area contributed by atoms with Crippen LogP contribution in [0.25, 0.3) is 0 Å². The first-order chi connectivity index (χ1) is 12.7. The zero-order chi connectivity index (χ0) is 18.5. The molecule has 1 aliphatic heterocycles. The van der Waals surface area contributed by atoms with Gasteiger partial charge in [0, 0.05) is 24.6 Å². The molecular weight excluding hydrogens is 332 g/mol. The van der Waals surface area contributed by atoms with Crippen molar-refractivity contribution >= 4 is 0 Å². The summed E-state index contributed by atoms with van der Waals surface area (Å²) >= 11 is 0. The van der Waals surface area contributed by atoms with Crippen molar-refractivity contribution in [1.29, 1.82) is 0 Å². The molecule has 2 aromatic rings. The van der Waals surface area contributed by atoms with E-state index in [4.69, 9.17) is 18.7 Å². The molecule has 0 saturated carbocycles. The Hall–Kier alpha value is -2.21. The number of hydrogen-bond donors (Lipinski definition) is 0. The van der Waals surface area contributed by atoms with Crippen molar-refractivity contribution in [3.63, 3.8) is 0 Å². The maximum Gasteiger partial charge on any atom is 0.203 e. The highest BCUT2D eigenvalue weighted by Crippen LogP contribution is 2.42. The fourth-order valence-electron chi connectivity index (χ4n) is 3.71. The van der Waals surface area contributed by atoms with Gasteiger partial charge in [-0.25, -0.2) is 0 Å². The molecule has 0 unspecified atom stereocenters. The van der Waals surface area contributed by atoms with Crippen LogP contribution in [0.4, 0.5) is 0 Å². The summed E-state index contributed by atoms with van der Waals surface area (Å²) in [5.74, 6) is 3.00. The Labute approximate surface area is 155 Å². The van der Waals surface area contributed by atoms with Crippen LogP contribution in [0.3, 0.4) is 0 Å². The number of aryl methyl sites for hydroxylation is 1. The molecule has 1 aromatic heterocycles. The van der Waals surface area contributed by atoms with Gasteiger partial charge in [-0.2, -0.15) is 0 Å². The number of hydrogen-bond acceptors (Lipinski definition) is 6. The first-order valence-corrected chi connectivity index (χ1v) is 9.19. The largest absolute Gasteiger partial charge is 0.493 e. The van der Waals surface area contributed by atoms with Crippen LogP contribution in [-0.4, -0.2) is 37.9 Å². The third-order valence-corrected chi connectivity index (χ3v) is 4.94. The highest BCUT2D eigenvalue weighted by molar-refractivity contribution is 5.55. The molecule has 0 radical (unpaired) electrons. The van der Waals surface area contributed by atoms with E-state index in [0.29, 0.717) is 11.5 Å². The zero-order valence-electron chi connectivity index (χ0n) is 16.1. The van der Waals surface area contributed by atoms with E-state index in [9.17, 15) is 0 Å². The summed E-state index contributed by atoms with van der Waals surface area (Å²) in [6.45, 7) is 3.94. The lowest BCUT2D eigenvalue weighted by atomic mass is 10.1. The van der Waals surface area contributed by atoms with Gasteiger partial charge in [-0.15, -0.1) is 0 Å². The molecule has 6 nitrogen and oxygen atoms in total. The summed E-state index contributed by atoms with van der Waals surface area (Å²) in [5.41, 5.74) is 2.11. The molecule has 0 bridgehead atoms. The molecule has 0 amide bonds. The second-order valence-corrected chi connectivity index (χ2v) is 6.59. The van der Waals surface area contributed by atoms with Crippen LogP contribution in [0.1, 0.15) is 49.2 Å². The van der Waals surface area contributed by atoms with Crippen LogP contribution in [0.2, 0.25) is 0 Å². The van der Waals surface area contributed by atoms with Gasteiger partial charge in [-0.3, -0.25) is 4.90 Å². The van der Waals surface area contributed by atoms with Crippen LogP contribution in [0.15, 0.2) is 22.7 Å². The van der Waals surface area contributed by atoms with E-state index in [1.165, 1.54) is 0 Å². The summed E-state index contributed by atoms with van der Waals surface area (Å²) in [6.07, 6.45) is 4.24. The van der Waals surface area contributed by atoms with Gasteiger partial charge < -0.3 is 18.7 Å². The zero-order valence-corrected chi connectivity index (χ0v) is 16.1. The number of rotatable bonds is 8. The van der Waals surface area contributed by atoms with Gasteiger partial charge in [0.25, 0.3) is 0 Å². The van der Waals surface area contributed by atoms with E-state index in [1.807, 2.05) is 12.1 Å². The van der Waals surface area contributed by atoms with Gasteiger partial charge in [-0.05, 0) is 31.9 Å². The molecule has 26 heavy (non-hydrogen) atoms. The minimum absolute atomic E-state index is 0.280. The fraction of sp³-hybridized carbons (Fsp3) is 0.550. The summed E-state index contributed by atoms with van der Waals surface area (Å²) in [5, 5.41) is 4.32. The third-order valence-electron chi connectivity index (χ3n) is 4.94. The minimum Gasteiger partial charge on any atom is -0.493 e. The van der Waals surface area contributed by atoms with E-state index in [2.05, 4.69) is 23.0 Å². The van der Waals surface area contributed by atoms with E-state index < -0.39 is 0 Å². The number of benzene rings is 1. The summed E-state index contributed by atoms with van der Waals surface area (Å²) in [6, 6.07) is 6.36. The Kier molecular flexibility index (Phi) is 6.04. The smallest absolute Gasteiger partial charge is 0.203 e. The summed E-state index contributed by atoms with van der Waals surface area (Å²) in [7, 11) is 4.93. The molecule has 1 atom stereocenters. The fourth-order valence-corrected chi connectivity index (χ4v) is 3.71. The van der Waals surface area contributed by atoms with Gasteiger partial charge in [-0.1, -0.05) is 18.1 Å². The average Bonchev–Trinajstić information content (AvgIpc) is 3.30.